The van der Waals surface area contributed by atoms with Crippen LogP contribution < -0.4 is 5.32 Å². The molecule has 1 N–H and O–H groups in total. The number of aryl methyl sites for hydroxylation is 2. The number of carbonyl (C=O) groups excluding carboxylic acids is 1. The zero-order valence-corrected chi connectivity index (χ0v) is 14.6. The molecule has 0 fully saturated rings. The molecule has 128 valence electrons. The van der Waals surface area contributed by atoms with Crippen LogP contribution in [0.5, 0.6) is 0 Å². The van der Waals surface area contributed by atoms with Gasteiger partial charge >= 0.3 is 0 Å². The lowest BCUT2D eigenvalue weighted by Crippen LogP contribution is -2.14. The summed E-state index contributed by atoms with van der Waals surface area (Å²) < 4.78 is 18.1. The average molecular weight is 357 g/mol. The van der Waals surface area contributed by atoms with E-state index in [9.17, 15) is 9.18 Å². The van der Waals surface area contributed by atoms with Crippen LogP contribution in [0.4, 0.5) is 10.1 Å². The summed E-state index contributed by atoms with van der Waals surface area (Å²) in [5.41, 5.74) is 1.79. The van der Waals surface area contributed by atoms with Gasteiger partial charge in [0.2, 0.25) is 5.89 Å². The molecule has 1 aromatic heterocycles. The highest BCUT2D eigenvalue weighted by molar-refractivity contribution is 7.98. The molecular weight excluding hydrogens is 341 g/mol. The molecule has 1 amide bonds. The Morgan fingerprint density at radius 1 is 1.24 bits per heavy atom. The third kappa shape index (κ3) is 4.24. The molecule has 7 heteroatoms. The van der Waals surface area contributed by atoms with Crippen molar-refractivity contribution < 1.29 is 13.7 Å². The van der Waals surface area contributed by atoms with E-state index in [2.05, 4.69) is 15.5 Å². The predicted molar refractivity (Wildman–Crippen MR) is 94.1 cm³/mol. The number of nitrogens with zero attached hydrogens (tertiary/aromatic N) is 2. The van der Waals surface area contributed by atoms with Crippen molar-refractivity contribution >= 4 is 23.4 Å². The van der Waals surface area contributed by atoms with Gasteiger partial charge in [-0.25, -0.2) is 4.39 Å². The number of carbonyl (C=O) groups is 1. The molecule has 0 spiro atoms. The van der Waals surface area contributed by atoms with Crippen molar-refractivity contribution in [2.45, 2.75) is 24.5 Å². The molecule has 0 aliphatic heterocycles. The summed E-state index contributed by atoms with van der Waals surface area (Å²) in [4.78, 5) is 17.6. The largest absolute Gasteiger partial charge is 0.340 e. The lowest BCUT2D eigenvalue weighted by molar-refractivity contribution is 0.102. The van der Waals surface area contributed by atoms with Gasteiger partial charge in [-0.2, -0.15) is 4.98 Å². The van der Waals surface area contributed by atoms with Crippen LogP contribution in [-0.4, -0.2) is 16.0 Å². The number of hydrogen-bond donors (Lipinski definition) is 1. The average Bonchev–Trinajstić information content (AvgIpc) is 3.01. The Kier molecular flexibility index (Phi) is 5.14. The number of benzene rings is 2. The first kappa shape index (κ1) is 17.2. The molecule has 0 aliphatic carbocycles. The second-order valence-corrected chi connectivity index (χ2v) is 6.45. The van der Waals surface area contributed by atoms with Gasteiger partial charge in [-0.3, -0.25) is 4.79 Å². The minimum atomic E-state index is -0.332. The minimum Gasteiger partial charge on any atom is -0.340 e. The number of aromatic nitrogens is 2. The maximum absolute atomic E-state index is 13.2. The van der Waals surface area contributed by atoms with E-state index in [0.29, 0.717) is 34.3 Å². The van der Waals surface area contributed by atoms with Crippen LogP contribution in [0.3, 0.4) is 0 Å². The Morgan fingerprint density at radius 3 is 2.76 bits per heavy atom. The third-order valence-electron chi connectivity index (χ3n) is 3.49. The smallest absolute Gasteiger partial charge is 0.256 e. The van der Waals surface area contributed by atoms with Gasteiger partial charge in [0.1, 0.15) is 5.82 Å². The van der Waals surface area contributed by atoms with Gasteiger partial charge < -0.3 is 9.84 Å². The lowest BCUT2D eigenvalue weighted by Gasteiger charge is -2.11. The van der Waals surface area contributed by atoms with Gasteiger partial charge in [0.25, 0.3) is 5.91 Å². The second kappa shape index (κ2) is 7.48. The van der Waals surface area contributed by atoms with Gasteiger partial charge in [-0.05, 0) is 42.8 Å². The summed E-state index contributed by atoms with van der Waals surface area (Å²) in [5, 5.41) is 6.68. The first-order valence-corrected chi connectivity index (χ1v) is 8.60. The highest BCUT2D eigenvalue weighted by Crippen LogP contribution is 2.26. The molecule has 0 atom stereocenters. The fourth-order valence-electron chi connectivity index (χ4n) is 2.28. The van der Waals surface area contributed by atoms with Crippen LogP contribution in [-0.2, 0) is 5.75 Å². The first-order chi connectivity index (χ1) is 12.0. The van der Waals surface area contributed by atoms with E-state index in [4.69, 9.17) is 4.52 Å². The number of hydrogen-bond acceptors (Lipinski definition) is 5. The summed E-state index contributed by atoms with van der Waals surface area (Å²) in [6.45, 7) is 3.48. The topological polar surface area (TPSA) is 68.0 Å². The van der Waals surface area contributed by atoms with Crippen molar-refractivity contribution in [2.75, 3.05) is 5.32 Å². The summed E-state index contributed by atoms with van der Waals surface area (Å²) in [5.74, 6) is 1.00. The zero-order chi connectivity index (χ0) is 17.8. The van der Waals surface area contributed by atoms with E-state index >= 15 is 0 Å². The normalized spacial score (nSPS) is 10.7. The van der Waals surface area contributed by atoms with Crippen molar-refractivity contribution in [2.24, 2.45) is 0 Å². The monoisotopic (exact) mass is 357 g/mol. The number of rotatable bonds is 5. The molecule has 3 rings (SSSR count). The molecule has 0 aliphatic rings. The fourth-order valence-corrected chi connectivity index (χ4v) is 3.17. The van der Waals surface area contributed by atoms with Gasteiger partial charge in [-0.15, -0.1) is 11.8 Å². The Hall–Kier alpha value is -2.67. The quantitative estimate of drug-likeness (QED) is 0.687. The van der Waals surface area contributed by atoms with Crippen molar-refractivity contribution in [1.29, 1.82) is 0 Å². The molecular formula is C18H16FN3O2S. The summed E-state index contributed by atoms with van der Waals surface area (Å²) in [6.07, 6.45) is 0. The van der Waals surface area contributed by atoms with Crippen molar-refractivity contribution in [1.82, 2.24) is 10.1 Å². The van der Waals surface area contributed by atoms with Gasteiger partial charge in [0.05, 0.1) is 11.3 Å². The Labute approximate surface area is 148 Å². The van der Waals surface area contributed by atoms with E-state index in [1.165, 1.54) is 23.9 Å². The minimum absolute atomic E-state index is 0.248. The number of halogens is 1. The van der Waals surface area contributed by atoms with Gasteiger partial charge in [0.15, 0.2) is 5.82 Å². The third-order valence-corrected chi connectivity index (χ3v) is 4.56. The van der Waals surface area contributed by atoms with Gasteiger partial charge in [0, 0.05) is 17.5 Å². The first-order valence-electron chi connectivity index (χ1n) is 7.61. The summed E-state index contributed by atoms with van der Waals surface area (Å²) >= 11 is 1.45. The SMILES string of the molecule is Cc1nc(CSc2ccccc2C(=O)Nc2ccc(F)cc2C)no1. The molecule has 5 nitrogen and oxygen atoms in total. The molecule has 0 bridgehead atoms. The highest BCUT2D eigenvalue weighted by atomic mass is 32.2. The Balaban J connectivity index is 1.76. The molecule has 0 saturated heterocycles. The zero-order valence-electron chi connectivity index (χ0n) is 13.7. The standard InChI is InChI=1S/C18H16FN3O2S/c1-11-9-13(19)7-8-15(11)21-18(23)14-5-3-4-6-16(14)25-10-17-20-12(2)24-22-17/h3-9H,10H2,1-2H3,(H,21,23). The molecule has 0 unspecified atom stereocenters. The van der Waals surface area contributed by atoms with Crippen LogP contribution >= 0.6 is 11.8 Å². The number of thioether (sulfide) groups is 1. The van der Waals surface area contributed by atoms with E-state index in [0.717, 1.165) is 4.90 Å². The Morgan fingerprint density at radius 2 is 2.04 bits per heavy atom. The maximum atomic E-state index is 13.2. The molecule has 0 saturated carbocycles. The lowest BCUT2D eigenvalue weighted by atomic mass is 10.1. The van der Waals surface area contributed by atoms with Crippen LogP contribution in [0.1, 0.15) is 27.6 Å². The van der Waals surface area contributed by atoms with Crippen molar-refractivity contribution in [3.63, 3.8) is 0 Å². The molecule has 0 radical (unpaired) electrons. The molecule has 3 aromatic rings. The maximum Gasteiger partial charge on any atom is 0.256 e. The van der Waals surface area contributed by atoms with Crippen LogP contribution in [0.15, 0.2) is 51.9 Å². The fraction of sp³-hybridized carbons (Fsp3) is 0.167. The van der Waals surface area contributed by atoms with E-state index in [1.807, 2.05) is 12.1 Å². The molecule has 2 aromatic carbocycles. The van der Waals surface area contributed by atoms with Crippen molar-refractivity contribution in [3.8, 4) is 0 Å². The number of amides is 1. The second-order valence-electron chi connectivity index (χ2n) is 5.43. The summed E-state index contributed by atoms with van der Waals surface area (Å²) in [6, 6.07) is 11.5. The Bertz CT molecular complexity index is 911. The molecule has 25 heavy (non-hydrogen) atoms. The van der Waals surface area contributed by atoms with E-state index in [1.54, 1.807) is 32.0 Å². The predicted octanol–water partition coefficient (Wildman–Crippen LogP) is 4.37. The van der Waals surface area contributed by atoms with Crippen LogP contribution in [0.25, 0.3) is 0 Å². The van der Waals surface area contributed by atoms with Crippen molar-refractivity contribution in [3.05, 3.63) is 71.1 Å². The van der Waals surface area contributed by atoms with Gasteiger partial charge in [-0.1, -0.05) is 17.3 Å². The van der Waals surface area contributed by atoms with E-state index in [-0.39, 0.29) is 11.7 Å². The van der Waals surface area contributed by atoms with E-state index < -0.39 is 0 Å². The molecule has 1 heterocycles. The summed E-state index contributed by atoms with van der Waals surface area (Å²) in [7, 11) is 0. The highest BCUT2D eigenvalue weighted by Gasteiger charge is 2.14. The van der Waals surface area contributed by atoms with Crippen LogP contribution in [0, 0.1) is 19.7 Å². The van der Waals surface area contributed by atoms with Crippen LogP contribution in [0.2, 0.25) is 0 Å². The number of anilines is 1. The number of nitrogens with one attached hydrogen (secondary N) is 1.